The first-order chi connectivity index (χ1) is 14.4. The van der Waals surface area contributed by atoms with Gasteiger partial charge in [-0.1, -0.05) is 38.1 Å². The molecule has 0 spiro atoms. The molecule has 3 rings (SSSR count). The van der Waals surface area contributed by atoms with Gasteiger partial charge in [0, 0.05) is 37.1 Å². The van der Waals surface area contributed by atoms with Crippen molar-refractivity contribution in [3.05, 3.63) is 77.9 Å². The molecular weight excluding hydrogens is 376 g/mol. The molecule has 0 bridgehead atoms. The average Bonchev–Trinajstić information content (AvgIpc) is 3.17. The van der Waals surface area contributed by atoms with Gasteiger partial charge in [-0.25, -0.2) is 4.98 Å². The number of likely N-dealkylation sites (N-methyl/N-ethyl adjacent to an activating group) is 1. The molecule has 0 fully saturated rings. The molecule has 1 N–H and O–H groups in total. The second-order valence-corrected chi connectivity index (χ2v) is 7.87. The molecular formula is C24H30N4O2. The van der Waals surface area contributed by atoms with Gasteiger partial charge in [0.15, 0.2) is 0 Å². The van der Waals surface area contributed by atoms with E-state index in [4.69, 9.17) is 4.74 Å². The lowest BCUT2D eigenvalue weighted by atomic mass is 10.1. The van der Waals surface area contributed by atoms with Crippen LogP contribution in [-0.4, -0.2) is 47.6 Å². The lowest BCUT2D eigenvalue weighted by Crippen LogP contribution is -2.20. The first-order valence-electron chi connectivity index (χ1n) is 10.2. The summed E-state index contributed by atoms with van der Waals surface area (Å²) in [5.41, 5.74) is 2.38. The molecule has 1 heterocycles. The maximum absolute atomic E-state index is 12.9. The third kappa shape index (κ3) is 5.70. The Morgan fingerprint density at radius 2 is 1.97 bits per heavy atom. The van der Waals surface area contributed by atoms with Gasteiger partial charge in [0.05, 0.1) is 5.56 Å². The summed E-state index contributed by atoms with van der Waals surface area (Å²) in [6.07, 6.45) is 3.82. The second-order valence-electron chi connectivity index (χ2n) is 7.87. The van der Waals surface area contributed by atoms with Crippen molar-refractivity contribution in [3.8, 4) is 5.75 Å². The molecule has 0 aliphatic carbocycles. The summed E-state index contributed by atoms with van der Waals surface area (Å²) in [7, 11) is 3.98. The zero-order valence-corrected chi connectivity index (χ0v) is 18.1. The summed E-state index contributed by atoms with van der Waals surface area (Å²) >= 11 is 0. The molecule has 1 aromatic heterocycles. The number of para-hydroxylation sites is 1. The van der Waals surface area contributed by atoms with Crippen molar-refractivity contribution < 1.29 is 9.53 Å². The Morgan fingerprint density at radius 1 is 1.17 bits per heavy atom. The predicted octanol–water partition coefficient (Wildman–Crippen LogP) is 4.25. The molecule has 0 aliphatic rings. The van der Waals surface area contributed by atoms with Gasteiger partial charge in [0.2, 0.25) is 0 Å². The van der Waals surface area contributed by atoms with Gasteiger partial charge in [-0.15, -0.1) is 0 Å². The third-order valence-corrected chi connectivity index (χ3v) is 4.73. The van der Waals surface area contributed by atoms with E-state index in [1.54, 1.807) is 6.07 Å². The maximum atomic E-state index is 12.9. The summed E-state index contributed by atoms with van der Waals surface area (Å²) < 4.78 is 7.96. The average molecular weight is 407 g/mol. The van der Waals surface area contributed by atoms with Crippen molar-refractivity contribution in [1.82, 2.24) is 14.5 Å². The van der Waals surface area contributed by atoms with Gasteiger partial charge >= 0.3 is 0 Å². The topological polar surface area (TPSA) is 59.4 Å². The fraction of sp³-hybridized carbons (Fsp3) is 0.333. The van der Waals surface area contributed by atoms with E-state index in [2.05, 4.69) is 34.8 Å². The van der Waals surface area contributed by atoms with E-state index in [-0.39, 0.29) is 5.91 Å². The zero-order valence-electron chi connectivity index (χ0n) is 18.1. The monoisotopic (exact) mass is 406 g/mol. The van der Waals surface area contributed by atoms with Crippen LogP contribution < -0.4 is 10.1 Å². The standard InChI is InChI=1S/C24H30N4O2/c1-18(2)23-25-12-13-28(23)17-19-8-7-9-20(16-19)26-24(29)21-10-5-6-11-22(21)30-15-14-27(3)4/h5-13,16,18H,14-15,17H2,1-4H3,(H,26,29). The van der Waals surface area contributed by atoms with Gasteiger partial charge in [-0.05, 0) is 43.9 Å². The number of hydrogen-bond acceptors (Lipinski definition) is 4. The van der Waals surface area contributed by atoms with Gasteiger partial charge in [0.1, 0.15) is 18.2 Å². The van der Waals surface area contributed by atoms with Gasteiger partial charge in [-0.3, -0.25) is 4.79 Å². The predicted molar refractivity (Wildman–Crippen MR) is 120 cm³/mol. The minimum atomic E-state index is -0.182. The van der Waals surface area contributed by atoms with Crippen molar-refractivity contribution in [3.63, 3.8) is 0 Å². The number of ether oxygens (including phenoxy) is 1. The van der Waals surface area contributed by atoms with Crippen molar-refractivity contribution in [2.45, 2.75) is 26.3 Å². The van der Waals surface area contributed by atoms with Crippen LogP contribution in [-0.2, 0) is 6.54 Å². The molecule has 0 saturated heterocycles. The van der Waals surface area contributed by atoms with E-state index in [1.165, 1.54) is 0 Å². The molecule has 6 nitrogen and oxygen atoms in total. The highest BCUT2D eigenvalue weighted by Gasteiger charge is 2.13. The van der Waals surface area contributed by atoms with Crippen molar-refractivity contribution in [2.24, 2.45) is 0 Å². The molecule has 3 aromatic rings. The van der Waals surface area contributed by atoms with E-state index >= 15 is 0 Å². The van der Waals surface area contributed by atoms with Crippen LogP contribution in [0.1, 0.15) is 41.5 Å². The number of anilines is 1. The number of nitrogens with zero attached hydrogens (tertiary/aromatic N) is 3. The molecule has 0 saturated carbocycles. The van der Waals surface area contributed by atoms with Crippen LogP contribution in [0.15, 0.2) is 60.9 Å². The lowest BCUT2D eigenvalue weighted by molar-refractivity contribution is 0.102. The second kappa shape index (κ2) is 10.1. The summed E-state index contributed by atoms with van der Waals surface area (Å²) in [6, 6.07) is 15.2. The fourth-order valence-corrected chi connectivity index (χ4v) is 3.22. The van der Waals surface area contributed by atoms with Crippen LogP contribution in [0.3, 0.4) is 0 Å². The SMILES string of the molecule is CC(C)c1nccn1Cc1cccc(NC(=O)c2ccccc2OCCN(C)C)c1. The Hall–Kier alpha value is -3.12. The molecule has 2 aromatic carbocycles. The largest absolute Gasteiger partial charge is 0.491 e. The van der Waals surface area contributed by atoms with Gasteiger partial charge in [0.25, 0.3) is 5.91 Å². The van der Waals surface area contributed by atoms with E-state index in [0.29, 0.717) is 30.4 Å². The smallest absolute Gasteiger partial charge is 0.259 e. The normalized spacial score (nSPS) is 11.1. The van der Waals surface area contributed by atoms with E-state index in [9.17, 15) is 4.79 Å². The highest BCUT2D eigenvalue weighted by atomic mass is 16.5. The Balaban J connectivity index is 1.70. The number of carbonyl (C=O) groups excluding carboxylic acids is 1. The number of rotatable bonds is 9. The molecule has 0 unspecified atom stereocenters. The van der Waals surface area contributed by atoms with Crippen LogP contribution in [0.2, 0.25) is 0 Å². The number of imidazole rings is 1. The Kier molecular flexibility index (Phi) is 7.25. The first-order valence-corrected chi connectivity index (χ1v) is 10.2. The summed E-state index contributed by atoms with van der Waals surface area (Å²) in [6.45, 7) is 6.28. The minimum Gasteiger partial charge on any atom is -0.491 e. The Labute approximate surface area is 178 Å². The summed E-state index contributed by atoms with van der Waals surface area (Å²) in [5.74, 6) is 1.81. The number of benzene rings is 2. The van der Waals surface area contributed by atoms with Gasteiger partial charge < -0.3 is 19.5 Å². The zero-order chi connectivity index (χ0) is 21.5. The Bertz CT molecular complexity index is 979. The molecule has 1 amide bonds. The Morgan fingerprint density at radius 3 is 2.73 bits per heavy atom. The maximum Gasteiger partial charge on any atom is 0.259 e. The molecule has 30 heavy (non-hydrogen) atoms. The van der Waals surface area contributed by atoms with E-state index in [0.717, 1.165) is 23.6 Å². The summed E-state index contributed by atoms with van der Waals surface area (Å²) in [4.78, 5) is 19.4. The number of hydrogen-bond donors (Lipinski definition) is 1. The number of nitrogens with one attached hydrogen (secondary N) is 1. The molecule has 6 heteroatoms. The number of aromatic nitrogens is 2. The molecule has 0 aliphatic heterocycles. The van der Waals surface area contributed by atoms with E-state index < -0.39 is 0 Å². The molecule has 0 atom stereocenters. The quantitative estimate of drug-likeness (QED) is 0.577. The van der Waals surface area contributed by atoms with Crippen molar-refractivity contribution >= 4 is 11.6 Å². The highest BCUT2D eigenvalue weighted by Crippen LogP contribution is 2.21. The molecule has 158 valence electrons. The number of carbonyl (C=O) groups is 1. The van der Waals surface area contributed by atoms with Crippen LogP contribution >= 0.6 is 0 Å². The molecule has 0 radical (unpaired) electrons. The van der Waals surface area contributed by atoms with Crippen LogP contribution in [0.4, 0.5) is 5.69 Å². The number of amides is 1. The fourth-order valence-electron chi connectivity index (χ4n) is 3.22. The first kappa shape index (κ1) is 21.6. The van der Waals surface area contributed by atoms with Crippen LogP contribution in [0.25, 0.3) is 0 Å². The summed E-state index contributed by atoms with van der Waals surface area (Å²) in [5, 5.41) is 3.00. The van der Waals surface area contributed by atoms with Crippen molar-refractivity contribution in [1.29, 1.82) is 0 Å². The van der Waals surface area contributed by atoms with Crippen LogP contribution in [0.5, 0.6) is 5.75 Å². The van der Waals surface area contributed by atoms with Crippen LogP contribution in [0, 0.1) is 0 Å². The van der Waals surface area contributed by atoms with Gasteiger partial charge in [-0.2, -0.15) is 0 Å². The lowest BCUT2D eigenvalue weighted by Gasteiger charge is -2.14. The highest BCUT2D eigenvalue weighted by molar-refractivity contribution is 6.06. The minimum absolute atomic E-state index is 0.182. The third-order valence-electron chi connectivity index (χ3n) is 4.73. The van der Waals surface area contributed by atoms with Crippen molar-refractivity contribution in [2.75, 3.05) is 32.6 Å². The van der Waals surface area contributed by atoms with E-state index in [1.807, 2.05) is 67.8 Å².